The van der Waals surface area contributed by atoms with Crippen LogP contribution in [0.4, 0.5) is 5.95 Å². The summed E-state index contributed by atoms with van der Waals surface area (Å²) in [4.78, 5) is 23.7. The van der Waals surface area contributed by atoms with Crippen molar-refractivity contribution < 1.29 is 9.90 Å². The second-order valence-electron chi connectivity index (χ2n) is 7.83. The van der Waals surface area contributed by atoms with E-state index in [2.05, 4.69) is 15.2 Å². The molecular weight excluding hydrogens is 318 g/mol. The minimum absolute atomic E-state index is 0.0618. The zero-order valence-corrected chi connectivity index (χ0v) is 15.2. The number of nitrogens with one attached hydrogen (secondary N) is 1. The fourth-order valence-electron chi connectivity index (χ4n) is 3.50. The van der Waals surface area contributed by atoms with E-state index in [0.29, 0.717) is 5.92 Å². The second kappa shape index (κ2) is 7.25. The number of carbonyl (C=O) groups is 1. The molecule has 0 spiro atoms. The number of hydrogen-bond donors (Lipinski definition) is 3. The largest absolute Gasteiger partial charge is 0.396 e. The molecule has 25 heavy (non-hydrogen) atoms. The first kappa shape index (κ1) is 18.1. The predicted molar refractivity (Wildman–Crippen MR) is 96.1 cm³/mol. The number of hydrogen-bond acceptors (Lipinski definition) is 6. The fraction of sp³-hybridized carbons (Fsp3) is 0.722. The van der Waals surface area contributed by atoms with E-state index >= 15 is 0 Å². The van der Waals surface area contributed by atoms with Crippen molar-refractivity contribution in [2.45, 2.75) is 57.5 Å². The lowest BCUT2D eigenvalue weighted by molar-refractivity contribution is -0.126. The first-order valence-electron chi connectivity index (χ1n) is 9.20. The molecule has 1 aliphatic carbocycles. The van der Waals surface area contributed by atoms with Gasteiger partial charge in [0.1, 0.15) is 0 Å². The third-order valence-corrected chi connectivity index (χ3v) is 5.22. The van der Waals surface area contributed by atoms with Gasteiger partial charge in [0.2, 0.25) is 11.9 Å². The topological polar surface area (TPSA) is 104 Å². The van der Waals surface area contributed by atoms with E-state index in [-0.39, 0.29) is 18.6 Å². The molecule has 0 bridgehead atoms. The summed E-state index contributed by atoms with van der Waals surface area (Å²) >= 11 is 0. The van der Waals surface area contributed by atoms with Crippen LogP contribution in [0.2, 0.25) is 0 Å². The molecule has 1 unspecified atom stereocenters. The van der Waals surface area contributed by atoms with Gasteiger partial charge >= 0.3 is 0 Å². The Kier molecular flexibility index (Phi) is 5.24. The highest BCUT2D eigenvalue weighted by Crippen LogP contribution is 2.30. The molecule has 7 nitrogen and oxygen atoms in total. The van der Waals surface area contributed by atoms with E-state index < -0.39 is 5.54 Å². The summed E-state index contributed by atoms with van der Waals surface area (Å²) in [7, 11) is 0. The molecule has 138 valence electrons. The monoisotopic (exact) mass is 347 g/mol. The van der Waals surface area contributed by atoms with Crippen LogP contribution in [-0.2, 0) is 11.2 Å². The van der Waals surface area contributed by atoms with E-state index in [1.54, 1.807) is 13.8 Å². The zero-order valence-electron chi connectivity index (χ0n) is 15.2. The van der Waals surface area contributed by atoms with E-state index in [4.69, 9.17) is 10.7 Å². The van der Waals surface area contributed by atoms with Crippen molar-refractivity contribution in [2.75, 3.05) is 24.6 Å². The van der Waals surface area contributed by atoms with Gasteiger partial charge in [-0.2, -0.15) is 0 Å². The third kappa shape index (κ3) is 4.10. The molecule has 7 heteroatoms. The zero-order chi connectivity index (χ0) is 18.0. The van der Waals surface area contributed by atoms with Crippen LogP contribution < -0.4 is 16.0 Å². The highest BCUT2D eigenvalue weighted by atomic mass is 16.3. The van der Waals surface area contributed by atoms with Crippen molar-refractivity contribution in [3.05, 3.63) is 17.5 Å². The summed E-state index contributed by atoms with van der Waals surface area (Å²) < 4.78 is 0. The second-order valence-corrected chi connectivity index (χ2v) is 7.83. The Bertz CT molecular complexity index is 620. The van der Waals surface area contributed by atoms with Gasteiger partial charge in [0, 0.05) is 31.5 Å². The molecule has 2 aliphatic rings. The molecule has 2 heterocycles. The Balaban J connectivity index is 1.73. The Morgan fingerprint density at radius 3 is 2.76 bits per heavy atom. The molecule has 4 N–H and O–H groups in total. The average molecular weight is 347 g/mol. The van der Waals surface area contributed by atoms with Crippen LogP contribution in [0.1, 0.15) is 56.8 Å². The van der Waals surface area contributed by atoms with Crippen molar-refractivity contribution in [3.63, 3.8) is 0 Å². The quantitative estimate of drug-likeness (QED) is 0.748. The van der Waals surface area contributed by atoms with Gasteiger partial charge in [-0.3, -0.25) is 4.79 Å². The van der Waals surface area contributed by atoms with Crippen molar-refractivity contribution in [1.82, 2.24) is 15.3 Å². The summed E-state index contributed by atoms with van der Waals surface area (Å²) in [6, 6.07) is -0.0618. The molecule has 1 aromatic heterocycles. The minimum Gasteiger partial charge on any atom is -0.396 e. The van der Waals surface area contributed by atoms with E-state index in [1.165, 1.54) is 0 Å². The van der Waals surface area contributed by atoms with Crippen LogP contribution >= 0.6 is 0 Å². The summed E-state index contributed by atoms with van der Waals surface area (Å²) in [5.74, 6) is 1.01. The molecule has 0 saturated carbocycles. The molecule has 3 rings (SSSR count). The van der Waals surface area contributed by atoms with Crippen LogP contribution in [0.25, 0.3) is 0 Å². The van der Waals surface area contributed by atoms with E-state index in [9.17, 15) is 9.90 Å². The van der Waals surface area contributed by atoms with Gasteiger partial charge in [0.15, 0.2) is 0 Å². The number of piperidine rings is 1. The SMILES string of the molecule is CC(C)(N)C(=O)NC1CCCc2nc(N3CCC(CO)CC3)ncc21. The molecule has 1 aromatic rings. The van der Waals surface area contributed by atoms with E-state index in [1.807, 2.05) is 6.20 Å². The summed E-state index contributed by atoms with van der Waals surface area (Å²) in [5.41, 5.74) is 7.04. The lowest BCUT2D eigenvalue weighted by Gasteiger charge is -2.33. The van der Waals surface area contributed by atoms with Gasteiger partial charge in [-0.25, -0.2) is 9.97 Å². The molecule has 1 fully saturated rings. The Morgan fingerprint density at radius 1 is 1.40 bits per heavy atom. The number of fused-ring (bicyclic) bond motifs is 1. The van der Waals surface area contributed by atoms with Gasteiger partial charge < -0.3 is 21.1 Å². The number of nitrogens with zero attached hydrogens (tertiary/aromatic N) is 3. The van der Waals surface area contributed by atoms with Gasteiger partial charge in [0.05, 0.1) is 17.3 Å². The lowest BCUT2D eigenvalue weighted by atomic mass is 9.91. The molecule has 0 radical (unpaired) electrons. The highest BCUT2D eigenvalue weighted by molar-refractivity contribution is 5.85. The number of anilines is 1. The number of aliphatic hydroxyl groups is 1. The fourth-order valence-corrected chi connectivity index (χ4v) is 3.50. The molecule has 1 atom stereocenters. The number of rotatable bonds is 4. The average Bonchev–Trinajstić information content (AvgIpc) is 2.61. The van der Waals surface area contributed by atoms with Crippen LogP contribution in [0.15, 0.2) is 6.20 Å². The van der Waals surface area contributed by atoms with Gasteiger partial charge in [0.25, 0.3) is 0 Å². The predicted octanol–water partition coefficient (Wildman–Crippen LogP) is 0.916. The Labute approximate surface area is 149 Å². The number of aryl methyl sites for hydroxylation is 1. The summed E-state index contributed by atoms with van der Waals surface area (Å²) in [5, 5.41) is 12.3. The Morgan fingerprint density at radius 2 is 2.12 bits per heavy atom. The first-order valence-corrected chi connectivity index (χ1v) is 9.20. The smallest absolute Gasteiger partial charge is 0.239 e. The molecule has 1 aliphatic heterocycles. The van der Waals surface area contributed by atoms with E-state index in [0.717, 1.165) is 62.4 Å². The number of amides is 1. The van der Waals surface area contributed by atoms with Crippen LogP contribution in [-0.4, -0.2) is 46.2 Å². The maximum atomic E-state index is 12.2. The number of aromatic nitrogens is 2. The molecular formula is C18H29N5O2. The standard InChI is InChI=1S/C18H29N5O2/c1-18(2,19)16(25)21-14-4-3-5-15-13(14)10-20-17(22-15)23-8-6-12(11-24)7-9-23/h10,12,14,24H,3-9,11,19H2,1-2H3,(H,21,25). The van der Waals surface area contributed by atoms with Crippen LogP contribution in [0.3, 0.4) is 0 Å². The van der Waals surface area contributed by atoms with Crippen LogP contribution in [0, 0.1) is 5.92 Å². The minimum atomic E-state index is -0.893. The highest BCUT2D eigenvalue weighted by Gasteiger charge is 2.29. The van der Waals surface area contributed by atoms with Crippen molar-refractivity contribution in [3.8, 4) is 0 Å². The first-order chi connectivity index (χ1) is 11.9. The maximum absolute atomic E-state index is 12.2. The molecule has 0 aromatic carbocycles. The van der Waals surface area contributed by atoms with Crippen LogP contribution in [0.5, 0.6) is 0 Å². The number of carbonyl (C=O) groups excluding carboxylic acids is 1. The van der Waals surface area contributed by atoms with Gasteiger partial charge in [-0.05, 0) is 51.9 Å². The molecule has 1 saturated heterocycles. The third-order valence-electron chi connectivity index (χ3n) is 5.22. The lowest BCUT2D eigenvalue weighted by Crippen LogP contribution is -2.50. The summed E-state index contributed by atoms with van der Waals surface area (Å²) in [6.07, 6.45) is 6.60. The van der Waals surface area contributed by atoms with Gasteiger partial charge in [-0.1, -0.05) is 0 Å². The van der Waals surface area contributed by atoms with Gasteiger partial charge in [-0.15, -0.1) is 0 Å². The Hall–Kier alpha value is -1.73. The normalized spacial score (nSPS) is 21.8. The summed E-state index contributed by atoms with van der Waals surface area (Å²) in [6.45, 7) is 5.44. The van der Waals surface area contributed by atoms with Crippen molar-refractivity contribution in [2.24, 2.45) is 11.7 Å². The molecule has 1 amide bonds. The number of aliphatic hydroxyl groups excluding tert-OH is 1. The maximum Gasteiger partial charge on any atom is 0.239 e. The van der Waals surface area contributed by atoms with Crippen molar-refractivity contribution in [1.29, 1.82) is 0 Å². The number of nitrogens with two attached hydrogens (primary N) is 1. The van der Waals surface area contributed by atoms with Crippen molar-refractivity contribution >= 4 is 11.9 Å².